The second kappa shape index (κ2) is 13.2. The van der Waals surface area contributed by atoms with Gasteiger partial charge in [-0.05, 0) is 91.9 Å². The summed E-state index contributed by atoms with van der Waals surface area (Å²) in [7, 11) is 3.21. The van der Waals surface area contributed by atoms with Gasteiger partial charge in [0, 0.05) is 21.5 Å². The predicted molar refractivity (Wildman–Crippen MR) is 204 cm³/mol. The third-order valence-corrected chi connectivity index (χ3v) is 12.1. The Bertz CT molecular complexity index is 2230. The normalized spacial score (nSPS) is 26.4. The quantitative estimate of drug-likeness (QED) is 0.116. The van der Waals surface area contributed by atoms with Crippen molar-refractivity contribution in [1.29, 1.82) is 0 Å². The van der Waals surface area contributed by atoms with Crippen LogP contribution in [0.5, 0.6) is 17.2 Å². The Morgan fingerprint density at radius 2 is 1.53 bits per heavy atom. The van der Waals surface area contributed by atoms with Gasteiger partial charge in [0.25, 0.3) is 0 Å². The van der Waals surface area contributed by atoms with Gasteiger partial charge in [-0.25, -0.2) is 4.90 Å². The zero-order valence-corrected chi connectivity index (χ0v) is 30.9. The second-order valence-corrected chi connectivity index (χ2v) is 15.2. The molecule has 0 spiro atoms. The van der Waals surface area contributed by atoms with E-state index < -0.39 is 35.0 Å². The molecule has 4 aromatic carbocycles. The summed E-state index contributed by atoms with van der Waals surface area (Å²) < 4.78 is 11.6. The monoisotopic (exact) mass is 772 g/mol. The summed E-state index contributed by atoms with van der Waals surface area (Å²) in [5.74, 6) is -3.23. The molecule has 4 aliphatic rings. The first-order chi connectivity index (χ1) is 25.6. The first kappa shape index (κ1) is 34.6. The molecular weight excluding hydrogens is 736 g/mol. The number of para-hydroxylation sites is 1. The van der Waals surface area contributed by atoms with Crippen LogP contribution in [0.25, 0.3) is 12.2 Å². The van der Waals surface area contributed by atoms with Gasteiger partial charge in [-0.15, -0.1) is 0 Å². The number of nitrogens with zero attached hydrogens (tertiary/aromatic N) is 2. The Kier molecular flexibility index (Phi) is 8.60. The minimum atomic E-state index is -1.25. The number of hydrogen-bond acceptors (Lipinski definition) is 7. The zero-order chi connectivity index (χ0) is 37.2. The lowest BCUT2D eigenvalue weighted by atomic mass is 9.51. The molecule has 8 rings (SSSR count). The van der Waals surface area contributed by atoms with Crippen molar-refractivity contribution in [1.82, 2.24) is 0 Å². The van der Waals surface area contributed by atoms with Crippen molar-refractivity contribution in [3.05, 3.63) is 124 Å². The molecule has 2 aliphatic heterocycles. The molecule has 1 saturated carbocycles. The molecule has 2 saturated heterocycles. The molecular formula is C43H37BrN2O7. The number of carbonyl (C=O) groups is 4. The first-order valence-electron chi connectivity index (χ1n) is 17.6. The van der Waals surface area contributed by atoms with E-state index in [0.717, 1.165) is 16.7 Å². The number of imide groups is 2. The Morgan fingerprint density at radius 3 is 2.25 bits per heavy atom. The van der Waals surface area contributed by atoms with Crippen molar-refractivity contribution in [2.45, 2.75) is 25.7 Å². The van der Waals surface area contributed by atoms with Crippen molar-refractivity contribution in [2.24, 2.45) is 29.1 Å². The molecule has 1 N–H and O–H groups in total. The van der Waals surface area contributed by atoms with Crippen molar-refractivity contribution in [3.8, 4) is 17.2 Å². The molecule has 0 unspecified atom stereocenters. The maximum atomic E-state index is 14.6. The van der Waals surface area contributed by atoms with E-state index in [1.165, 1.54) is 9.80 Å². The molecule has 2 heterocycles. The van der Waals surface area contributed by atoms with E-state index in [9.17, 15) is 24.3 Å². The fourth-order valence-corrected chi connectivity index (χ4v) is 9.46. The number of phenols is 1. The molecule has 0 bridgehead atoms. The maximum absolute atomic E-state index is 14.6. The number of ether oxygens (including phenoxy) is 2. The number of carbonyl (C=O) groups excluding carboxylic acids is 4. The van der Waals surface area contributed by atoms with E-state index >= 15 is 0 Å². The number of halogens is 1. The summed E-state index contributed by atoms with van der Waals surface area (Å²) >= 11 is 3.54. The topological polar surface area (TPSA) is 113 Å². The van der Waals surface area contributed by atoms with Crippen LogP contribution in [-0.2, 0) is 19.2 Å². The van der Waals surface area contributed by atoms with Crippen LogP contribution in [0.1, 0.15) is 42.4 Å². The number of allylic oxidation sites excluding steroid dienone is 2. The molecule has 0 radical (unpaired) electrons. The Hall–Kier alpha value is -5.48. The highest BCUT2D eigenvalue weighted by Gasteiger charge is 2.68. The maximum Gasteiger partial charge on any atom is 0.241 e. The highest BCUT2D eigenvalue weighted by molar-refractivity contribution is 9.10. The van der Waals surface area contributed by atoms with E-state index in [4.69, 9.17) is 9.47 Å². The third kappa shape index (κ3) is 5.41. The number of aromatic hydroxyl groups is 1. The average molecular weight is 774 g/mol. The predicted octanol–water partition coefficient (Wildman–Crippen LogP) is 7.78. The molecule has 0 aromatic heterocycles. The van der Waals surface area contributed by atoms with Crippen molar-refractivity contribution in [2.75, 3.05) is 24.0 Å². The first-order valence-corrected chi connectivity index (χ1v) is 18.4. The minimum absolute atomic E-state index is 0.00491. The van der Waals surface area contributed by atoms with Gasteiger partial charge >= 0.3 is 0 Å². The molecule has 3 fully saturated rings. The van der Waals surface area contributed by atoms with E-state index in [1.54, 1.807) is 68.8 Å². The number of benzene rings is 4. The summed E-state index contributed by atoms with van der Waals surface area (Å²) in [6, 6.07) is 26.7. The number of phenolic OH excluding ortho intramolecular Hbond substituents is 1. The van der Waals surface area contributed by atoms with Crippen LogP contribution < -0.4 is 19.3 Å². The summed E-state index contributed by atoms with van der Waals surface area (Å²) in [4.78, 5) is 60.1. The van der Waals surface area contributed by atoms with E-state index in [2.05, 4.69) is 15.9 Å². The number of hydrogen-bond donors (Lipinski definition) is 1. The van der Waals surface area contributed by atoms with Crippen molar-refractivity contribution in [3.63, 3.8) is 0 Å². The Morgan fingerprint density at radius 1 is 0.792 bits per heavy atom. The largest absolute Gasteiger partial charge is 0.508 e. The summed E-state index contributed by atoms with van der Waals surface area (Å²) in [6.07, 6.45) is 6.34. The molecule has 2 aliphatic carbocycles. The van der Waals surface area contributed by atoms with Crippen LogP contribution in [-0.4, -0.2) is 43.0 Å². The summed E-state index contributed by atoms with van der Waals surface area (Å²) in [5, 5.41) is 11.3. The second-order valence-electron chi connectivity index (χ2n) is 14.2. The average Bonchev–Trinajstić information content (AvgIpc) is 3.54. The van der Waals surface area contributed by atoms with E-state index in [-0.39, 0.29) is 35.8 Å². The smallest absolute Gasteiger partial charge is 0.241 e. The van der Waals surface area contributed by atoms with Crippen LogP contribution in [0.4, 0.5) is 11.4 Å². The molecule has 4 aromatic rings. The summed E-state index contributed by atoms with van der Waals surface area (Å²) in [6.45, 7) is 1.81. The Balaban J connectivity index is 1.14. The van der Waals surface area contributed by atoms with Gasteiger partial charge < -0.3 is 14.6 Å². The van der Waals surface area contributed by atoms with Crippen LogP contribution in [0.2, 0.25) is 0 Å². The van der Waals surface area contributed by atoms with Gasteiger partial charge in [0.2, 0.25) is 23.6 Å². The number of anilines is 2. The lowest BCUT2D eigenvalue weighted by Crippen LogP contribution is -2.48. The SMILES string of the molecule is COc1ccc(OC)c(C=Cc2ccc(N3C(=O)[C@H]4[C@H](CC=C5[C@H]4C[C@H]4C(=O)N(c6ccccc6)C(=O)[C@@]4(C)[C@H]5c4cc(Br)ccc4O)C3=O)cc2)c1. The highest BCUT2D eigenvalue weighted by atomic mass is 79.9. The van der Waals surface area contributed by atoms with Gasteiger partial charge in [0.1, 0.15) is 17.2 Å². The molecule has 4 amide bonds. The lowest BCUT2D eigenvalue weighted by Gasteiger charge is -2.49. The highest BCUT2D eigenvalue weighted by Crippen LogP contribution is 2.64. The van der Waals surface area contributed by atoms with E-state index in [0.29, 0.717) is 39.3 Å². The van der Waals surface area contributed by atoms with Crippen LogP contribution >= 0.6 is 15.9 Å². The molecule has 268 valence electrons. The molecule has 10 heteroatoms. The van der Waals surface area contributed by atoms with Crippen molar-refractivity contribution >= 4 is 63.1 Å². The number of amides is 4. The number of methoxy groups -OCH3 is 2. The fraction of sp³-hybridized carbons (Fsp3) is 0.256. The van der Waals surface area contributed by atoms with Crippen LogP contribution in [0.15, 0.2) is 107 Å². The van der Waals surface area contributed by atoms with Crippen LogP contribution in [0, 0.1) is 29.1 Å². The summed E-state index contributed by atoms with van der Waals surface area (Å²) in [5.41, 5.74) is 2.70. The third-order valence-electron chi connectivity index (χ3n) is 11.6. The Labute approximate surface area is 315 Å². The van der Waals surface area contributed by atoms with Gasteiger partial charge in [-0.2, -0.15) is 0 Å². The molecule has 6 atom stereocenters. The number of fused-ring (bicyclic) bond motifs is 4. The van der Waals surface area contributed by atoms with Gasteiger partial charge in [-0.1, -0.05) is 70.1 Å². The minimum Gasteiger partial charge on any atom is -0.508 e. The number of rotatable bonds is 7. The fourth-order valence-electron chi connectivity index (χ4n) is 9.08. The van der Waals surface area contributed by atoms with Gasteiger partial charge in [-0.3, -0.25) is 24.1 Å². The zero-order valence-electron chi connectivity index (χ0n) is 29.4. The lowest BCUT2D eigenvalue weighted by molar-refractivity contribution is -0.131. The van der Waals surface area contributed by atoms with Gasteiger partial charge in [0.05, 0.1) is 48.8 Å². The van der Waals surface area contributed by atoms with E-state index in [1.807, 2.05) is 61.5 Å². The standard InChI is InChI=1S/C43H37BrN2O7/c1-43-34(40(49)46(42(43)51)27-7-5-4-6-8-27)23-32-30(38(43)33-22-26(44)13-19-35(33)47)17-18-31-37(32)41(50)45(39(31)48)28-14-10-24(11-15-28)9-12-25-21-29(52-2)16-20-36(25)53-3/h4-17,19-22,31-32,34,37-38,47H,18,23H2,1-3H3/t31-,32+,34-,37-,38+,43+/m0/s1. The van der Waals surface area contributed by atoms with Gasteiger partial charge in [0.15, 0.2) is 0 Å². The molecule has 53 heavy (non-hydrogen) atoms. The van der Waals surface area contributed by atoms with Crippen LogP contribution in [0.3, 0.4) is 0 Å². The van der Waals surface area contributed by atoms with Crippen molar-refractivity contribution < 1.29 is 33.8 Å². The molecule has 9 nitrogen and oxygen atoms in total.